The van der Waals surface area contributed by atoms with Crippen molar-refractivity contribution in [2.75, 3.05) is 7.11 Å². The van der Waals surface area contributed by atoms with Crippen LogP contribution in [0.5, 0.6) is 0 Å². The summed E-state index contributed by atoms with van der Waals surface area (Å²) < 4.78 is 6.21. The van der Waals surface area contributed by atoms with E-state index in [4.69, 9.17) is 9.73 Å². The lowest BCUT2D eigenvalue weighted by atomic mass is 9.68. The van der Waals surface area contributed by atoms with Crippen LogP contribution in [0.2, 0.25) is 0 Å². The first-order valence-electron chi connectivity index (χ1n) is 11.2. The Kier molecular flexibility index (Phi) is 7.25. The molecule has 0 N–H and O–H groups in total. The van der Waals surface area contributed by atoms with Gasteiger partial charge in [-0.25, -0.2) is 4.79 Å². The van der Waals surface area contributed by atoms with Crippen LogP contribution in [0.1, 0.15) is 54.4 Å². The summed E-state index contributed by atoms with van der Waals surface area (Å²) in [5, 5.41) is 0. The molecule has 0 aromatic heterocycles. The van der Waals surface area contributed by atoms with Crippen molar-refractivity contribution < 1.29 is 14.3 Å². The maximum Gasteiger partial charge on any atom is 0.336 e. The highest BCUT2D eigenvalue weighted by molar-refractivity contribution is 9.10. The molecule has 1 saturated carbocycles. The van der Waals surface area contributed by atoms with Gasteiger partial charge in [-0.15, -0.1) is 11.8 Å². The number of ether oxygens (including phenoxy) is 1. The number of hydrogen-bond donors (Lipinski definition) is 0. The minimum Gasteiger partial charge on any atom is -0.466 e. The number of fused-ring (bicyclic) bond motifs is 1. The number of ketones is 1. The Morgan fingerprint density at radius 2 is 1.82 bits per heavy atom. The molecule has 4 rings (SSSR count). The summed E-state index contributed by atoms with van der Waals surface area (Å²) in [6.07, 6.45) is 2.16. The molecular formula is C27H28BrNO3S. The fraction of sp³-hybridized carbons (Fsp3) is 0.370. The van der Waals surface area contributed by atoms with Gasteiger partial charge in [0, 0.05) is 38.9 Å². The predicted molar refractivity (Wildman–Crippen MR) is 137 cm³/mol. The number of thioether (sulfide) groups is 1. The van der Waals surface area contributed by atoms with E-state index in [2.05, 4.69) is 54.0 Å². The third kappa shape index (κ3) is 4.87. The number of allylic oxidation sites excluding steroid dienone is 1. The molecule has 1 fully saturated rings. The van der Waals surface area contributed by atoms with Gasteiger partial charge in [0.1, 0.15) is 5.78 Å². The zero-order valence-corrected chi connectivity index (χ0v) is 21.8. The summed E-state index contributed by atoms with van der Waals surface area (Å²) in [4.78, 5) is 31.9. The second kappa shape index (κ2) is 9.98. The average molecular weight is 526 g/mol. The summed E-state index contributed by atoms with van der Waals surface area (Å²) >= 11 is 5.26. The van der Waals surface area contributed by atoms with Gasteiger partial charge >= 0.3 is 5.97 Å². The molecule has 0 amide bonds. The van der Waals surface area contributed by atoms with Crippen molar-refractivity contribution in [1.29, 1.82) is 0 Å². The highest BCUT2D eigenvalue weighted by atomic mass is 79.9. The Bertz CT molecular complexity index is 1170. The number of halogens is 1. The molecular weight excluding hydrogens is 498 g/mol. The summed E-state index contributed by atoms with van der Waals surface area (Å²) in [5.74, 6) is -0.155. The van der Waals surface area contributed by atoms with E-state index >= 15 is 0 Å². The summed E-state index contributed by atoms with van der Waals surface area (Å²) in [7, 11) is 1.39. The molecule has 172 valence electrons. The smallest absolute Gasteiger partial charge is 0.336 e. The lowest BCUT2D eigenvalue weighted by Crippen LogP contribution is -2.39. The first-order chi connectivity index (χ1) is 15.8. The fourth-order valence-electron chi connectivity index (χ4n) is 4.93. The van der Waals surface area contributed by atoms with Crippen molar-refractivity contribution >= 4 is 45.2 Å². The van der Waals surface area contributed by atoms with Crippen molar-refractivity contribution in [2.24, 2.45) is 10.9 Å². The summed E-state index contributed by atoms with van der Waals surface area (Å²) in [6, 6.07) is 12.7. The number of nitrogens with zero attached hydrogens (tertiary/aromatic N) is 1. The van der Waals surface area contributed by atoms with E-state index in [-0.39, 0.29) is 17.6 Å². The van der Waals surface area contributed by atoms with Gasteiger partial charge in [0.15, 0.2) is 0 Å². The van der Waals surface area contributed by atoms with Crippen molar-refractivity contribution in [2.45, 2.75) is 56.6 Å². The number of Topliss-reactive ketones (excluding diaryl/α,β-unsaturated/α-hetero) is 1. The van der Waals surface area contributed by atoms with Gasteiger partial charge in [0.25, 0.3) is 0 Å². The molecule has 1 unspecified atom stereocenters. The van der Waals surface area contributed by atoms with Gasteiger partial charge in [-0.3, -0.25) is 9.79 Å². The first kappa shape index (κ1) is 24.0. The van der Waals surface area contributed by atoms with E-state index < -0.39 is 5.97 Å². The Balaban J connectivity index is 1.77. The Morgan fingerprint density at radius 1 is 1.09 bits per heavy atom. The molecule has 0 saturated heterocycles. The molecule has 0 radical (unpaired) electrons. The van der Waals surface area contributed by atoms with Crippen LogP contribution in [0.4, 0.5) is 0 Å². The number of carbonyl (C=O) groups is 2. The molecule has 4 nitrogen and oxygen atoms in total. The Hall–Kier alpha value is -2.18. The molecule has 1 aliphatic heterocycles. The molecule has 0 spiro atoms. The third-order valence-corrected chi connectivity index (χ3v) is 8.17. The zero-order valence-electron chi connectivity index (χ0n) is 19.4. The minimum atomic E-state index is -0.399. The lowest BCUT2D eigenvalue weighted by molar-refractivity contribution is -0.136. The Labute approximate surface area is 208 Å². The van der Waals surface area contributed by atoms with Crippen LogP contribution in [0, 0.1) is 19.8 Å². The fourth-order valence-corrected chi connectivity index (χ4v) is 6.16. The number of aliphatic imine (C=N–C) groups is 1. The van der Waals surface area contributed by atoms with Gasteiger partial charge in [-0.2, -0.15) is 0 Å². The molecule has 1 aliphatic carbocycles. The van der Waals surface area contributed by atoms with E-state index in [1.807, 2.05) is 19.1 Å². The van der Waals surface area contributed by atoms with Gasteiger partial charge < -0.3 is 4.74 Å². The summed E-state index contributed by atoms with van der Waals surface area (Å²) in [5.41, 5.74) is 6.62. The van der Waals surface area contributed by atoms with Crippen molar-refractivity contribution in [3.63, 3.8) is 0 Å². The minimum absolute atomic E-state index is 0.171. The van der Waals surface area contributed by atoms with Crippen molar-refractivity contribution in [3.05, 3.63) is 74.4 Å². The highest BCUT2D eigenvalue weighted by Crippen LogP contribution is 2.44. The number of methoxy groups -OCH3 is 1. The zero-order chi connectivity index (χ0) is 23.7. The van der Waals surface area contributed by atoms with Crippen LogP contribution in [0.3, 0.4) is 0 Å². The van der Waals surface area contributed by atoms with E-state index in [0.29, 0.717) is 17.7 Å². The van der Waals surface area contributed by atoms with Crippen molar-refractivity contribution in [1.82, 2.24) is 0 Å². The maximum absolute atomic E-state index is 13.1. The number of aryl methyl sites for hydroxylation is 2. The van der Waals surface area contributed by atoms with Crippen molar-refractivity contribution in [3.8, 4) is 0 Å². The van der Waals surface area contributed by atoms with Crippen LogP contribution in [-0.2, 0) is 20.1 Å². The maximum atomic E-state index is 13.1. The molecule has 2 aliphatic rings. The van der Waals surface area contributed by atoms with Crippen LogP contribution in [0.25, 0.3) is 0 Å². The first-order valence-corrected chi connectivity index (χ1v) is 13.0. The van der Waals surface area contributed by atoms with Gasteiger partial charge in [0.05, 0.1) is 18.6 Å². The number of carbonyl (C=O) groups excluding carboxylic acids is 2. The van der Waals surface area contributed by atoms with E-state index in [1.54, 1.807) is 11.8 Å². The SMILES string of the molecule is COC(=O)C1=C(C)N=C2CCCC(=O)C2[C@@H]1c1cc(CSc2ccc(Br)cc2)c(C)cc1C. The standard InChI is InChI=1S/C27H28BrNO3S/c1-15-12-16(2)21(13-18(15)14-33-20-10-8-19(28)9-11-20)25-24(27(31)32-4)17(3)29-22-6-5-7-23(30)26(22)25/h8-13,25-26H,5-7,14H2,1-4H3/t25-,26?/m1/s1. The number of esters is 1. The average Bonchev–Trinajstić information content (AvgIpc) is 2.78. The highest BCUT2D eigenvalue weighted by Gasteiger charge is 2.44. The third-order valence-electron chi connectivity index (χ3n) is 6.58. The van der Waals surface area contributed by atoms with E-state index in [1.165, 1.54) is 23.1 Å². The van der Waals surface area contributed by atoms with Crippen LogP contribution in [0.15, 0.2) is 62.0 Å². The topological polar surface area (TPSA) is 55.7 Å². The van der Waals surface area contributed by atoms with Crippen LogP contribution >= 0.6 is 27.7 Å². The number of benzene rings is 2. The second-order valence-corrected chi connectivity index (χ2v) is 10.7. The molecule has 2 aromatic rings. The van der Waals surface area contributed by atoms with E-state index in [0.717, 1.165) is 39.9 Å². The van der Waals surface area contributed by atoms with Crippen LogP contribution in [-0.4, -0.2) is 24.6 Å². The van der Waals surface area contributed by atoms with Gasteiger partial charge in [-0.1, -0.05) is 28.1 Å². The second-order valence-electron chi connectivity index (χ2n) is 8.75. The monoisotopic (exact) mass is 525 g/mol. The molecule has 6 heteroatoms. The molecule has 1 heterocycles. The van der Waals surface area contributed by atoms with Gasteiger partial charge in [-0.05, 0) is 80.1 Å². The van der Waals surface area contributed by atoms with E-state index in [9.17, 15) is 9.59 Å². The summed E-state index contributed by atoms with van der Waals surface area (Å²) in [6.45, 7) is 6.04. The predicted octanol–water partition coefficient (Wildman–Crippen LogP) is 6.71. The Morgan fingerprint density at radius 3 is 2.52 bits per heavy atom. The number of rotatable bonds is 5. The molecule has 2 atom stereocenters. The quantitative estimate of drug-likeness (QED) is 0.321. The largest absolute Gasteiger partial charge is 0.466 e. The normalized spacial score (nSPS) is 20.4. The van der Waals surface area contributed by atoms with Gasteiger partial charge in [0.2, 0.25) is 0 Å². The lowest BCUT2D eigenvalue weighted by Gasteiger charge is -2.36. The number of hydrogen-bond acceptors (Lipinski definition) is 5. The van der Waals surface area contributed by atoms with Crippen LogP contribution < -0.4 is 0 Å². The molecule has 2 aromatic carbocycles. The molecule has 33 heavy (non-hydrogen) atoms. The molecule has 0 bridgehead atoms.